The largest absolute Gasteiger partial charge is 0.493 e. The van der Waals surface area contributed by atoms with Crippen molar-refractivity contribution in [2.24, 2.45) is 0 Å². The van der Waals surface area contributed by atoms with Crippen LogP contribution in [0.5, 0.6) is 11.5 Å². The molecule has 7 nitrogen and oxygen atoms in total. The highest BCUT2D eigenvalue weighted by atomic mass is 32.1. The lowest BCUT2D eigenvalue weighted by Gasteiger charge is -2.34. The Hall–Kier alpha value is -2.32. The fourth-order valence-electron chi connectivity index (χ4n) is 2.92. The van der Waals surface area contributed by atoms with Gasteiger partial charge in [0, 0.05) is 37.6 Å². The van der Waals surface area contributed by atoms with Crippen molar-refractivity contribution in [2.45, 2.75) is 13.5 Å². The quantitative estimate of drug-likeness (QED) is 0.828. The summed E-state index contributed by atoms with van der Waals surface area (Å²) in [6.45, 7) is 5.89. The molecular weight excluding hydrogens is 352 g/mol. The summed E-state index contributed by atoms with van der Waals surface area (Å²) >= 11 is 1.54. The number of aryl methyl sites for hydroxylation is 1. The first-order valence-corrected chi connectivity index (χ1v) is 9.36. The van der Waals surface area contributed by atoms with Gasteiger partial charge in [0.2, 0.25) is 0 Å². The van der Waals surface area contributed by atoms with Gasteiger partial charge in [0.1, 0.15) is 0 Å². The highest BCUT2D eigenvalue weighted by Gasteiger charge is 2.22. The highest BCUT2D eigenvalue weighted by molar-refractivity contribution is 7.15. The molecule has 1 aromatic heterocycles. The first-order chi connectivity index (χ1) is 12.6. The van der Waals surface area contributed by atoms with Gasteiger partial charge < -0.3 is 20.1 Å². The number of ether oxygens (including phenoxy) is 2. The van der Waals surface area contributed by atoms with Crippen LogP contribution in [0.2, 0.25) is 0 Å². The molecule has 1 aromatic carbocycles. The molecule has 0 saturated carbocycles. The summed E-state index contributed by atoms with van der Waals surface area (Å²) < 4.78 is 10.9. The molecule has 1 aliphatic heterocycles. The van der Waals surface area contributed by atoms with Crippen LogP contribution in [0.3, 0.4) is 0 Å². The first-order valence-electron chi connectivity index (χ1n) is 8.54. The normalized spacial score (nSPS) is 15.1. The third-order valence-electron chi connectivity index (χ3n) is 4.42. The van der Waals surface area contributed by atoms with Gasteiger partial charge in [-0.15, -0.1) is 11.3 Å². The van der Waals surface area contributed by atoms with Crippen molar-refractivity contribution in [3.05, 3.63) is 34.8 Å². The van der Waals surface area contributed by atoms with Crippen molar-refractivity contribution in [3.8, 4) is 11.5 Å². The van der Waals surface area contributed by atoms with Gasteiger partial charge in [-0.25, -0.2) is 4.98 Å². The second-order valence-corrected chi connectivity index (χ2v) is 7.27. The molecule has 1 aliphatic rings. The number of thiazole rings is 1. The van der Waals surface area contributed by atoms with Crippen LogP contribution in [-0.2, 0) is 11.3 Å². The Morgan fingerprint density at radius 2 is 1.92 bits per heavy atom. The zero-order valence-electron chi connectivity index (χ0n) is 15.1. The number of nitrogens with zero attached hydrogens (tertiary/aromatic N) is 3. The summed E-state index contributed by atoms with van der Waals surface area (Å²) in [5.74, 6) is 1.21. The minimum absolute atomic E-state index is 0.00577. The maximum absolute atomic E-state index is 12.4. The summed E-state index contributed by atoms with van der Waals surface area (Å²) in [6, 6.07) is 7.33. The average Bonchev–Trinajstić information content (AvgIpc) is 2.97. The lowest BCUT2D eigenvalue weighted by molar-refractivity contribution is -0.135. The van der Waals surface area contributed by atoms with Gasteiger partial charge in [0.25, 0.3) is 5.91 Å². The third-order valence-corrected chi connectivity index (χ3v) is 5.39. The van der Waals surface area contributed by atoms with E-state index in [-0.39, 0.29) is 12.5 Å². The van der Waals surface area contributed by atoms with E-state index in [1.165, 1.54) is 16.2 Å². The monoisotopic (exact) mass is 376 g/mol. The summed E-state index contributed by atoms with van der Waals surface area (Å²) in [5, 5.41) is 0.611. The molecule has 140 valence electrons. The number of rotatable bonds is 6. The van der Waals surface area contributed by atoms with Crippen molar-refractivity contribution < 1.29 is 14.3 Å². The summed E-state index contributed by atoms with van der Waals surface area (Å²) in [4.78, 5) is 22.0. The molecule has 2 N–H and O–H groups in total. The lowest BCUT2D eigenvalue weighted by atomic mass is 10.3. The van der Waals surface area contributed by atoms with Gasteiger partial charge in [-0.2, -0.15) is 0 Å². The Morgan fingerprint density at radius 3 is 2.54 bits per heavy atom. The number of nitrogens with two attached hydrogens (primary N) is 1. The van der Waals surface area contributed by atoms with Crippen LogP contribution in [0.15, 0.2) is 24.3 Å². The van der Waals surface area contributed by atoms with Gasteiger partial charge in [-0.3, -0.25) is 9.69 Å². The average molecular weight is 376 g/mol. The Labute approximate surface area is 157 Å². The van der Waals surface area contributed by atoms with Gasteiger partial charge in [0.05, 0.1) is 12.8 Å². The molecule has 0 radical (unpaired) electrons. The number of carbonyl (C=O) groups is 1. The molecule has 0 bridgehead atoms. The fourth-order valence-corrected chi connectivity index (χ4v) is 3.80. The number of anilines is 1. The number of hydrogen-bond acceptors (Lipinski definition) is 7. The van der Waals surface area contributed by atoms with Gasteiger partial charge in [-0.05, 0) is 19.1 Å². The summed E-state index contributed by atoms with van der Waals surface area (Å²) in [5.41, 5.74) is 6.76. The third kappa shape index (κ3) is 4.44. The number of piperazine rings is 1. The molecule has 0 unspecified atom stereocenters. The zero-order chi connectivity index (χ0) is 18.5. The van der Waals surface area contributed by atoms with Crippen LogP contribution in [0.4, 0.5) is 5.13 Å². The van der Waals surface area contributed by atoms with Crippen LogP contribution >= 0.6 is 11.3 Å². The fraction of sp³-hybridized carbons (Fsp3) is 0.444. The zero-order valence-corrected chi connectivity index (χ0v) is 15.9. The van der Waals surface area contributed by atoms with Crippen molar-refractivity contribution in [3.63, 3.8) is 0 Å². The number of methoxy groups -OCH3 is 1. The van der Waals surface area contributed by atoms with Crippen molar-refractivity contribution >= 4 is 22.4 Å². The maximum Gasteiger partial charge on any atom is 0.260 e. The molecule has 0 aliphatic carbocycles. The molecular formula is C18H24N4O3S. The number of para-hydroxylation sites is 2. The van der Waals surface area contributed by atoms with Crippen molar-refractivity contribution in [2.75, 3.05) is 45.6 Å². The van der Waals surface area contributed by atoms with E-state index in [1.54, 1.807) is 13.2 Å². The van der Waals surface area contributed by atoms with Crippen molar-refractivity contribution in [1.82, 2.24) is 14.8 Å². The molecule has 0 atom stereocenters. The molecule has 1 saturated heterocycles. The van der Waals surface area contributed by atoms with E-state index >= 15 is 0 Å². The molecule has 3 rings (SSSR count). The lowest BCUT2D eigenvalue weighted by Crippen LogP contribution is -2.49. The first kappa shape index (κ1) is 18.5. The van der Waals surface area contributed by atoms with Crippen LogP contribution in [0, 0.1) is 6.92 Å². The minimum atomic E-state index is -0.00577. The van der Waals surface area contributed by atoms with Crippen LogP contribution in [0.1, 0.15) is 10.6 Å². The molecule has 1 amide bonds. The Morgan fingerprint density at radius 1 is 1.23 bits per heavy atom. The van der Waals surface area contributed by atoms with Crippen LogP contribution in [-0.4, -0.2) is 60.6 Å². The van der Waals surface area contributed by atoms with E-state index in [0.29, 0.717) is 29.7 Å². The second kappa shape index (κ2) is 8.37. The number of nitrogen functional groups attached to an aromatic ring is 1. The van der Waals surface area contributed by atoms with Crippen molar-refractivity contribution in [1.29, 1.82) is 0 Å². The van der Waals surface area contributed by atoms with E-state index in [9.17, 15) is 4.79 Å². The summed E-state index contributed by atoms with van der Waals surface area (Å²) in [6.07, 6.45) is 0. The van der Waals surface area contributed by atoms with E-state index in [0.717, 1.165) is 25.3 Å². The van der Waals surface area contributed by atoms with E-state index in [2.05, 4.69) is 9.88 Å². The molecule has 0 spiro atoms. The van der Waals surface area contributed by atoms with Gasteiger partial charge >= 0.3 is 0 Å². The van der Waals surface area contributed by atoms with E-state index in [4.69, 9.17) is 15.2 Å². The molecule has 2 heterocycles. The smallest absolute Gasteiger partial charge is 0.260 e. The topological polar surface area (TPSA) is 80.9 Å². The van der Waals surface area contributed by atoms with Gasteiger partial charge in [0.15, 0.2) is 23.2 Å². The SMILES string of the molecule is COc1ccccc1OCC(=O)N1CCN(Cc2sc(N)nc2C)CC1. The Balaban J connectivity index is 1.47. The molecule has 26 heavy (non-hydrogen) atoms. The number of carbonyl (C=O) groups excluding carboxylic acids is 1. The Bertz CT molecular complexity index is 757. The Kier molecular flexibility index (Phi) is 5.95. The number of amides is 1. The van der Waals surface area contributed by atoms with Gasteiger partial charge in [-0.1, -0.05) is 12.1 Å². The second-order valence-electron chi connectivity index (χ2n) is 6.16. The maximum atomic E-state index is 12.4. The van der Waals surface area contributed by atoms with E-state index < -0.39 is 0 Å². The van der Waals surface area contributed by atoms with E-state index in [1.807, 2.05) is 30.0 Å². The molecule has 8 heteroatoms. The predicted octanol–water partition coefficient (Wildman–Crippen LogP) is 1.77. The summed E-state index contributed by atoms with van der Waals surface area (Å²) in [7, 11) is 1.59. The standard InChI is InChI=1S/C18H24N4O3S/c1-13-16(26-18(19)20-13)11-21-7-9-22(10-8-21)17(23)12-25-15-6-4-3-5-14(15)24-2/h3-6H,7-12H2,1-2H3,(H2,19,20). The highest BCUT2D eigenvalue weighted by Crippen LogP contribution is 2.26. The predicted molar refractivity (Wildman–Crippen MR) is 102 cm³/mol. The molecule has 1 fully saturated rings. The molecule has 2 aromatic rings. The van der Waals surface area contributed by atoms with Crippen LogP contribution in [0.25, 0.3) is 0 Å². The number of hydrogen-bond donors (Lipinski definition) is 1. The number of aromatic nitrogens is 1. The minimum Gasteiger partial charge on any atom is -0.493 e. The number of benzene rings is 1. The van der Waals surface area contributed by atoms with Crippen LogP contribution < -0.4 is 15.2 Å².